The summed E-state index contributed by atoms with van der Waals surface area (Å²) in [6.45, 7) is 1.94. The largest absolute Gasteiger partial charge is 0.494 e. The van der Waals surface area contributed by atoms with Gasteiger partial charge in [0.05, 0.1) is 12.8 Å². The topological polar surface area (TPSA) is 39.9 Å². The molecule has 0 aliphatic carbocycles. The van der Waals surface area contributed by atoms with Crippen molar-refractivity contribution in [2.24, 2.45) is 0 Å². The van der Waals surface area contributed by atoms with Crippen molar-refractivity contribution in [3.8, 4) is 11.4 Å². The summed E-state index contributed by atoms with van der Waals surface area (Å²) in [6, 6.07) is 7.64. The number of fused-ring (bicyclic) bond motifs is 1. The van der Waals surface area contributed by atoms with Crippen molar-refractivity contribution in [2.45, 2.75) is 6.92 Å². The number of halogens is 1. The van der Waals surface area contributed by atoms with Crippen LogP contribution in [0.15, 0.2) is 36.7 Å². The van der Waals surface area contributed by atoms with E-state index in [2.05, 4.69) is 9.97 Å². The molecule has 0 saturated heterocycles. The molecule has 19 heavy (non-hydrogen) atoms. The molecule has 2 heterocycles. The molecule has 3 rings (SSSR count). The van der Waals surface area contributed by atoms with Gasteiger partial charge in [0.2, 0.25) is 0 Å². The molecule has 0 bridgehead atoms. The van der Waals surface area contributed by atoms with E-state index in [1.165, 1.54) is 0 Å². The number of para-hydroxylation sites is 1. The quantitative estimate of drug-likeness (QED) is 0.672. The van der Waals surface area contributed by atoms with Crippen LogP contribution in [0.4, 0.5) is 0 Å². The van der Waals surface area contributed by atoms with Crippen LogP contribution in [0, 0.1) is 6.92 Å². The lowest BCUT2D eigenvalue weighted by Crippen LogP contribution is -1.99. The average molecular weight is 274 g/mol. The molecule has 0 unspecified atom stereocenters. The van der Waals surface area contributed by atoms with E-state index < -0.39 is 0 Å². The first-order chi connectivity index (χ1) is 9.20. The number of methoxy groups -OCH3 is 1. The Hall–Kier alpha value is -2.07. The van der Waals surface area contributed by atoms with Crippen LogP contribution in [0.2, 0.25) is 5.15 Å². The number of aryl methyl sites for hydroxylation is 1. The summed E-state index contributed by atoms with van der Waals surface area (Å²) in [5.74, 6) is 1.60. The molecule has 2 aromatic heterocycles. The first-order valence-electron chi connectivity index (χ1n) is 5.84. The van der Waals surface area contributed by atoms with Gasteiger partial charge >= 0.3 is 0 Å². The van der Waals surface area contributed by atoms with Crippen LogP contribution in [0.25, 0.3) is 16.6 Å². The number of benzene rings is 1. The molecule has 0 aliphatic heterocycles. The Morgan fingerprint density at radius 1 is 1.32 bits per heavy atom. The highest BCUT2D eigenvalue weighted by Gasteiger charge is 2.11. The first kappa shape index (κ1) is 12.0. The predicted molar refractivity (Wildman–Crippen MR) is 75.2 cm³/mol. The Kier molecular flexibility index (Phi) is 2.87. The van der Waals surface area contributed by atoms with Crippen molar-refractivity contribution in [1.29, 1.82) is 0 Å². The van der Waals surface area contributed by atoms with Gasteiger partial charge in [0.25, 0.3) is 0 Å². The third-order valence-corrected chi connectivity index (χ3v) is 3.25. The van der Waals surface area contributed by atoms with Crippen molar-refractivity contribution < 1.29 is 4.74 Å². The van der Waals surface area contributed by atoms with Crippen LogP contribution in [0.5, 0.6) is 5.75 Å². The second-order valence-corrected chi connectivity index (χ2v) is 4.55. The van der Waals surface area contributed by atoms with E-state index in [0.29, 0.717) is 10.9 Å². The zero-order valence-electron chi connectivity index (χ0n) is 10.6. The fraction of sp³-hybridized carbons (Fsp3) is 0.143. The molecule has 96 valence electrons. The fourth-order valence-electron chi connectivity index (χ4n) is 2.17. The van der Waals surface area contributed by atoms with Gasteiger partial charge in [-0.15, -0.1) is 0 Å². The van der Waals surface area contributed by atoms with E-state index in [0.717, 1.165) is 22.4 Å². The smallest absolute Gasteiger partial charge is 0.145 e. The molecule has 0 radical (unpaired) electrons. The third kappa shape index (κ3) is 1.94. The van der Waals surface area contributed by atoms with Gasteiger partial charge < -0.3 is 9.30 Å². The van der Waals surface area contributed by atoms with E-state index in [-0.39, 0.29) is 0 Å². The molecule has 0 saturated carbocycles. The summed E-state index contributed by atoms with van der Waals surface area (Å²) in [5.41, 5.74) is 1.70. The number of rotatable bonds is 2. The van der Waals surface area contributed by atoms with Crippen LogP contribution < -0.4 is 4.74 Å². The van der Waals surface area contributed by atoms with Gasteiger partial charge in [0.15, 0.2) is 0 Å². The summed E-state index contributed by atoms with van der Waals surface area (Å²) in [5, 5.41) is 1.41. The van der Waals surface area contributed by atoms with Gasteiger partial charge in [-0.1, -0.05) is 23.7 Å². The minimum atomic E-state index is 0.431. The maximum absolute atomic E-state index is 6.12. The predicted octanol–water partition coefficient (Wildman–Crippen LogP) is 3.39. The normalized spacial score (nSPS) is 10.9. The highest BCUT2D eigenvalue weighted by molar-refractivity contribution is 6.30. The summed E-state index contributed by atoms with van der Waals surface area (Å²) in [6.07, 6.45) is 3.66. The minimum Gasteiger partial charge on any atom is -0.494 e. The number of hydrogen-bond acceptors (Lipinski definition) is 3. The van der Waals surface area contributed by atoms with Crippen molar-refractivity contribution in [2.75, 3.05) is 7.11 Å². The maximum atomic E-state index is 6.12. The number of aromatic nitrogens is 3. The molecule has 4 nitrogen and oxygen atoms in total. The first-order valence-corrected chi connectivity index (χ1v) is 6.22. The number of pyridine rings is 1. The maximum Gasteiger partial charge on any atom is 0.145 e. The fourth-order valence-corrected chi connectivity index (χ4v) is 2.36. The van der Waals surface area contributed by atoms with E-state index in [1.54, 1.807) is 13.3 Å². The van der Waals surface area contributed by atoms with Crippen molar-refractivity contribution in [3.63, 3.8) is 0 Å². The lowest BCUT2D eigenvalue weighted by Gasteiger charge is -2.11. The lowest BCUT2D eigenvalue weighted by atomic mass is 10.1. The van der Waals surface area contributed by atoms with Crippen LogP contribution in [-0.2, 0) is 0 Å². The number of hydrogen-bond donors (Lipinski definition) is 0. The van der Waals surface area contributed by atoms with Gasteiger partial charge in [-0.3, -0.25) is 0 Å². The monoisotopic (exact) mass is 273 g/mol. The molecule has 0 spiro atoms. The van der Waals surface area contributed by atoms with Crippen molar-refractivity contribution in [1.82, 2.24) is 14.5 Å². The number of ether oxygens (including phenoxy) is 1. The summed E-state index contributed by atoms with van der Waals surface area (Å²) >= 11 is 6.12. The van der Waals surface area contributed by atoms with Crippen molar-refractivity contribution >= 4 is 22.5 Å². The van der Waals surface area contributed by atoms with Crippen LogP contribution >= 0.6 is 11.6 Å². The molecule has 5 heteroatoms. The van der Waals surface area contributed by atoms with Gasteiger partial charge in [0, 0.05) is 23.8 Å². The van der Waals surface area contributed by atoms with E-state index in [1.807, 2.05) is 42.0 Å². The third-order valence-electron chi connectivity index (χ3n) is 3.05. The van der Waals surface area contributed by atoms with Crippen LogP contribution in [0.1, 0.15) is 5.82 Å². The Bertz CT molecular complexity index is 752. The Morgan fingerprint density at radius 2 is 2.16 bits per heavy atom. The van der Waals surface area contributed by atoms with Gasteiger partial charge in [0.1, 0.15) is 22.2 Å². The standard InChI is InChI=1S/C14H12ClN3O/c1-9-16-6-7-18(9)11-8-13(15)17-14-10(11)4-3-5-12(14)19-2/h3-8H,1-2H3. The van der Waals surface area contributed by atoms with E-state index in [4.69, 9.17) is 16.3 Å². The minimum absolute atomic E-state index is 0.431. The van der Waals surface area contributed by atoms with Crippen LogP contribution in [0.3, 0.4) is 0 Å². The number of imidazole rings is 1. The molecule has 3 aromatic rings. The van der Waals surface area contributed by atoms with E-state index >= 15 is 0 Å². The van der Waals surface area contributed by atoms with E-state index in [9.17, 15) is 0 Å². The molecular weight excluding hydrogens is 262 g/mol. The molecule has 0 aliphatic rings. The van der Waals surface area contributed by atoms with Crippen molar-refractivity contribution in [3.05, 3.63) is 47.6 Å². The second-order valence-electron chi connectivity index (χ2n) is 4.17. The zero-order chi connectivity index (χ0) is 13.4. The molecule has 0 fully saturated rings. The van der Waals surface area contributed by atoms with Crippen LogP contribution in [-0.4, -0.2) is 21.6 Å². The van der Waals surface area contributed by atoms with Gasteiger partial charge in [-0.2, -0.15) is 0 Å². The summed E-state index contributed by atoms with van der Waals surface area (Å²) in [7, 11) is 1.62. The molecule has 1 aromatic carbocycles. The SMILES string of the molecule is COc1cccc2c(-n3ccnc3C)cc(Cl)nc12. The highest BCUT2D eigenvalue weighted by Crippen LogP contribution is 2.30. The second kappa shape index (κ2) is 4.55. The molecule has 0 N–H and O–H groups in total. The van der Waals surface area contributed by atoms with Gasteiger partial charge in [-0.05, 0) is 13.0 Å². The lowest BCUT2D eigenvalue weighted by molar-refractivity contribution is 0.419. The Labute approximate surface area is 115 Å². The molecular formula is C14H12ClN3O. The summed E-state index contributed by atoms with van der Waals surface area (Å²) < 4.78 is 7.32. The Morgan fingerprint density at radius 3 is 2.84 bits per heavy atom. The van der Waals surface area contributed by atoms with Gasteiger partial charge in [-0.25, -0.2) is 9.97 Å². The molecule has 0 atom stereocenters. The highest BCUT2D eigenvalue weighted by atomic mass is 35.5. The molecule has 0 amide bonds. The average Bonchev–Trinajstić information content (AvgIpc) is 2.83. The summed E-state index contributed by atoms with van der Waals surface area (Å²) in [4.78, 5) is 8.59. The zero-order valence-corrected chi connectivity index (χ0v) is 11.3. The number of nitrogens with zero attached hydrogens (tertiary/aromatic N) is 3. The Balaban J connectivity index is 2.40.